The molecule has 0 amide bonds. The van der Waals surface area contributed by atoms with Crippen molar-refractivity contribution in [3.63, 3.8) is 0 Å². The molecule has 1 aromatic carbocycles. The van der Waals surface area contributed by atoms with E-state index in [9.17, 15) is 13.2 Å². The van der Waals surface area contributed by atoms with Gasteiger partial charge in [0.15, 0.2) is 5.65 Å². The van der Waals surface area contributed by atoms with E-state index in [2.05, 4.69) is 15.0 Å². The van der Waals surface area contributed by atoms with Crippen LogP contribution in [0.15, 0.2) is 24.5 Å². The van der Waals surface area contributed by atoms with Crippen LogP contribution in [0.5, 0.6) is 6.01 Å². The van der Waals surface area contributed by atoms with E-state index in [1.807, 2.05) is 4.57 Å². The summed E-state index contributed by atoms with van der Waals surface area (Å²) >= 11 is 6.21. The van der Waals surface area contributed by atoms with Crippen LogP contribution in [0.2, 0.25) is 5.02 Å². The fraction of sp³-hybridized carbons (Fsp3) is 0.450. The topological polar surface area (TPSA) is 52.8 Å². The molecule has 2 aliphatic rings. The SMILES string of the molecule is COc1nc2c(-c3ccc(C(F)(F)F)cc3Cl)ncnc2n1C(C1CC1)C1CC1. The molecule has 0 spiro atoms. The summed E-state index contributed by atoms with van der Waals surface area (Å²) in [6.45, 7) is 0. The second-order valence-electron chi connectivity index (χ2n) is 7.72. The zero-order valence-corrected chi connectivity index (χ0v) is 16.3. The largest absolute Gasteiger partial charge is 0.468 e. The normalized spacial score (nSPS) is 17.3. The predicted molar refractivity (Wildman–Crippen MR) is 102 cm³/mol. The van der Waals surface area contributed by atoms with Gasteiger partial charge in [-0.3, -0.25) is 4.57 Å². The summed E-state index contributed by atoms with van der Waals surface area (Å²) in [4.78, 5) is 13.3. The van der Waals surface area contributed by atoms with E-state index in [0.29, 0.717) is 40.3 Å². The van der Waals surface area contributed by atoms with Crippen molar-refractivity contribution in [3.05, 3.63) is 35.1 Å². The van der Waals surface area contributed by atoms with E-state index in [0.717, 1.165) is 12.1 Å². The van der Waals surface area contributed by atoms with Crippen LogP contribution in [0.3, 0.4) is 0 Å². The van der Waals surface area contributed by atoms with Gasteiger partial charge in [-0.1, -0.05) is 17.7 Å². The molecular formula is C20H18ClF3N4O. The summed E-state index contributed by atoms with van der Waals surface area (Å²) < 4.78 is 46.6. The number of rotatable bonds is 5. The number of ether oxygens (including phenoxy) is 1. The zero-order valence-electron chi connectivity index (χ0n) is 15.6. The number of halogens is 4. The second kappa shape index (κ2) is 6.58. The highest BCUT2D eigenvalue weighted by atomic mass is 35.5. The van der Waals surface area contributed by atoms with Crippen LogP contribution in [-0.2, 0) is 6.18 Å². The average molecular weight is 423 g/mol. The van der Waals surface area contributed by atoms with Crippen LogP contribution in [-0.4, -0.2) is 26.6 Å². The third kappa shape index (κ3) is 3.23. The Kier molecular flexibility index (Phi) is 4.24. The van der Waals surface area contributed by atoms with Crippen LogP contribution in [0.25, 0.3) is 22.4 Å². The van der Waals surface area contributed by atoms with Gasteiger partial charge in [0.25, 0.3) is 6.01 Å². The maximum atomic E-state index is 13.0. The van der Waals surface area contributed by atoms with Crippen LogP contribution in [0.4, 0.5) is 13.2 Å². The van der Waals surface area contributed by atoms with Crippen molar-refractivity contribution in [2.24, 2.45) is 11.8 Å². The van der Waals surface area contributed by atoms with Gasteiger partial charge in [0, 0.05) is 11.6 Å². The highest BCUT2D eigenvalue weighted by Gasteiger charge is 2.44. The van der Waals surface area contributed by atoms with E-state index >= 15 is 0 Å². The van der Waals surface area contributed by atoms with Crippen molar-refractivity contribution in [2.75, 3.05) is 7.11 Å². The van der Waals surface area contributed by atoms with Gasteiger partial charge in [0.2, 0.25) is 0 Å². The molecule has 2 fully saturated rings. The van der Waals surface area contributed by atoms with Crippen molar-refractivity contribution >= 4 is 22.8 Å². The Bertz CT molecular complexity index is 1080. The third-order valence-corrected chi connectivity index (χ3v) is 6.00. The number of aromatic nitrogens is 4. The number of hydrogen-bond acceptors (Lipinski definition) is 4. The van der Waals surface area contributed by atoms with Gasteiger partial charge in [-0.15, -0.1) is 0 Å². The molecule has 2 heterocycles. The first kappa shape index (κ1) is 18.7. The van der Waals surface area contributed by atoms with Crippen molar-refractivity contribution in [1.29, 1.82) is 0 Å². The van der Waals surface area contributed by atoms with E-state index in [-0.39, 0.29) is 11.1 Å². The molecule has 0 saturated heterocycles. The third-order valence-electron chi connectivity index (χ3n) is 5.69. The molecule has 0 aliphatic heterocycles. The molecule has 2 aliphatic carbocycles. The summed E-state index contributed by atoms with van der Waals surface area (Å²) in [5, 5.41) is -0.0331. The number of fused-ring (bicyclic) bond motifs is 1. The van der Waals surface area contributed by atoms with E-state index in [1.165, 1.54) is 38.1 Å². The highest BCUT2D eigenvalue weighted by molar-refractivity contribution is 6.33. The number of methoxy groups -OCH3 is 1. The molecule has 0 bridgehead atoms. The van der Waals surface area contributed by atoms with E-state index < -0.39 is 11.7 Å². The molecular weight excluding hydrogens is 405 g/mol. The Morgan fingerprint density at radius 3 is 2.38 bits per heavy atom. The Morgan fingerprint density at radius 1 is 1.14 bits per heavy atom. The Morgan fingerprint density at radius 2 is 1.83 bits per heavy atom. The maximum absolute atomic E-state index is 13.0. The molecule has 2 aromatic heterocycles. The van der Waals surface area contributed by atoms with Gasteiger partial charge in [0.05, 0.1) is 17.7 Å². The fourth-order valence-corrected chi connectivity index (χ4v) is 4.33. The average Bonchev–Trinajstić information content (AvgIpc) is 3.59. The van der Waals surface area contributed by atoms with Crippen LogP contribution >= 0.6 is 11.6 Å². The van der Waals surface area contributed by atoms with Gasteiger partial charge >= 0.3 is 6.18 Å². The summed E-state index contributed by atoms with van der Waals surface area (Å²) in [5.41, 5.74) is 1.09. The molecule has 5 rings (SSSR count). The first-order valence-corrected chi connectivity index (χ1v) is 9.90. The predicted octanol–water partition coefficient (Wildman–Crippen LogP) is 5.54. The number of benzene rings is 1. The lowest BCUT2D eigenvalue weighted by Gasteiger charge is -2.19. The fourth-order valence-electron chi connectivity index (χ4n) is 4.06. The van der Waals surface area contributed by atoms with Crippen LogP contribution in [0.1, 0.15) is 37.3 Å². The smallest absolute Gasteiger partial charge is 0.416 e. The summed E-state index contributed by atoms with van der Waals surface area (Å²) in [7, 11) is 1.56. The number of imidazole rings is 1. The van der Waals surface area contributed by atoms with Gasteiger partial charge < -0.3 is 4.74 Å². The molecule has 3 aromatic rings. The Labute approximate surface area is 169 Å². The molecule has 29 heavy (non-hydrogen) atoms. The lowest BCUT2D eigenvalue weighted by molar-refractivity contribution is -0.137. The molecule has 0 atom stereocenters. The molecule has 5 nitrogen and oxygen atoms in total. The highest BCUT2D eigenvalue weighted by Crippen LogP contribution is 2.54. The standard InChI is InChI=1S/C20H18ClF3N4O/c1-29-19-27-16-15(13-7-6-12(8-14(13)21)20(22,23)24)25-9-26-18(16)28(19)17(10-2-3-10)11-4-5-11/h6-11,17H,2-5H2,1H3. The van der Waals surface area contributed by atoms with Crippen molar-refractivity contribution in [3.8, 4) is 17.3 Å². The maximum Gasteiger partial charge on any atom is 0.416 e. The number of alkyl halides is 3. The molecule has 0 unspecified atom stereocenters. The minimum atomic E-state index is -4.46. The van der Waals surface area contributed by atoms with Crippen molar-refractivity contribution in [2.45, 2.75) is 37.9 Å². The second-order valence-corrected chi connectivity index (χ2v) is 8.13. The molecule has 2 saturated carbocycles. The molecule has 152 valence electrons. The number of nitrogens with zero attached hydrogens (tertiary/aromatic N) is 4. The summed E-state index contributed by atoms with van der Waals surface area (Å²) in [6.07, 6.45) is 1.63. The van der Waals surface area contributed by atoms with Crippen LogP contribution < -0.4 is 4.74 Å². The minimum absolute atomic E-state index is 0.0331. The summed E-state index contributed by atoms with van der Waals surface area (Å²) in [5.74, 6) is 1.17. The number of hydrogen-bond donors (Lipinski definition) is 0. The first-order valence-electron chi connectivity index (χ1n) is 9.52. The monoisotopic (exact) mass is 422 g/mol. The molecule has 0 radical (unpaired) electrons. The van der Waals surface area contributed by atoms with Gasteiger partial charge in [-0.25, -0.2) is 9.97 Å². The molecule has 0 N–H and O–H groups in total. The Balaban J connectivity index is 1.67. The van der Waals surface area contributed by atoms with Crippen LogP contribution in [0, 0.1) is 11.8 Å². The van der Waals surface area contributed by atoms with E-state index in [1.54, 1.807) is 7.11 Å². The summed E-state index contributed by atoms with van der Waals surface area (Å²) in [6, 6.07) is 3.98. The Hall–Kier alpha value is -2.35. The zero-order chi connectivity index (χ0) is 20.3. The quantitative estimate of drug-likeness (QED) is 0.542. The van der Waals surface area contributed by atoms with Gasteiger partial charge in [-0.05, 0) is 49.7 Å². The van der Waals surface area contributed by atoms with Crippen molar-refractivity contribution in [1.82, 2.24) is 19.5 Å². The van der Waals surface area contributed by atoms with Gasteiger partial charge in [0.1, 0.15) is 17.5 Å². The minimum Gasteiger partial charge on any atom is -0.468 e. The molecule has 9 heteroatoms. The van der Waals surface area contributed by atoms with Gasteiger partial charge in [-0.2, -0.15) is 18.2 Å². The van der Waals surface area contributed by atoms with E-state index in [4.69, 9.17) is 16.3 Å². The van der Waals surface area contributed by atoms with Crippen molar-refractivity contribution < 1.29 is 17.9 Å². The first-order chi connectivity index (χ1) is 13.9. The lowest BCUT2D eigenvalue weighted by Crippen LogP contribution is -2.15. The lowest BCUT2D eigenvalue weighted by atomic mass is 10.1.